The average Bonchev–Trinajstić information content (AvgIpc) is 2.46. The molecule has 20 heavy (non-hydrogen) atoms. The van der Waals surface area contributed by atoms with Crippen LogP contribution in [0.25, 0.3) is 0 Å². The summed E-state index contributed by atoms with van der Waals surface area (Å²) in [5, 5.41) is 12.4. The molecule has 0 bridgehead atoms. The van der Waals surface area contributed by atoms with Crippen molar-refractivity contribution >= 4 is 11.8 Å². The summed E-state index contributed by atoms with van der Waals surface area (Å²) in [7, 11) is 0. The average molecular weight is 278 g/mol. The summed E-state index contributed by atoms with van der Waals surface area (Å²) in [6.07, 6.45) is 3.85. The molecule has 2 rings (SSSR count). The van der Waals surface area contributed by atoms with Crippen molar-refractivity contribution < 1.29 is 14.6 Å². The highest BCUT2D eigenvalue weighted by molar-refractivity contribution is 5.88. The molecule has 5 heteroatoms. The van der Waals surface area contributed by atoms with Crippen LogP contribution in [0, 0.1) is 5.92 Å². The van der Waals surface area contributed by atoms with Gasteiger partial charge in [0.2, 0.25) is 0 Å². The molecule has 0 aromatic carbocycles. The molecule has 1 aliphatic rings. The van der Waals surface area contributed by atoms with Crippen molar-refractivity contribution in [3.63, 3.8) is 0 Å². The number of rotatable bonds is 6. The molecule has 2 heterocycles. The van der Waals surface area contributed by atoms with Gasteiger partial charge in [-0.1, -0.05) is 13.3 Å². The second-order valence-corrected chi connectivity index (χ2v) is 5.22. The number of carbonyl (C=O) groups is 1. The summed E-state index contributed by atoms with van der Waals surface area (Å²) in [5.74, 6) is 0.340. The van der Waals surface area contributed by atoms with Crippen LogP contribution in [0.5, 0.6) is 0 Å². The predicted octanol–water partition coefficient (Wildman–Crippen LogP) is 2.57. The second kappa shape index (κ2) is 7.24. The van der Waals surface area contributed by atoms with E-state index in [0.29, 0.717) is 17.3 Å². The Bertz CT molecular complexity index is 456. The van der Waals surface area contributed by atoms with Crippen molar-refractivity contribution in [2.24, 2.45) is 5.92 Å². The third kappa shape index (κ3) is 4.20. The van der Waals surface area contributed by atoms with Crippen LogP contribution in [-0.2, 0) is 11.2 Å². The van der Waals surface area contributed by atoms with Gasteiger partial charge in [-0.05, 0) is 37.3 Å². The number of hydrogen-bond acceptors (Lipinski definition) is 4. The van der Waals surface area contributed by atoms with E-state index in [4.69, 9.17) is 9.84 Å². The van der Waals surface area contributed by atoms with E-state index in [1.165, 1.54) is 0 Å². The molecule has 0 saturated carbocycles. The van der Waals surface area contributed by atoms with Crippen LogP contribution >= 0.6 is 0 Å². The van der Waals surface area contributed by atoms with E-state index >= 15 is 0 Å². The second-order valence-electron chi connectivity index (χ2n) is 5.22. The van der Waals surface area contributed by atoms with Crippen LogP contribution in [0.4, 0.5) is 5.82 Å². The van der Waals surface area contributed by atoms with E-state index in [9.17, 15) is 4.79 Å². The van der Waals surface area contributed by atoms with E-state index < -0.39 is 5.97 Å². The van der Waals surface area contributed by atoms with E-state index in [2.05, 4.69) is 17.2 Å². The lowest BCUT2D eigenvalue weighted by atomic mass is 10.0. The van der Waals surface area contributed by atoms with Gasteiger partial charge in [0.25, 0.3) is 0 Å². The highest BCUT2D eigenvalue weighted by Gasteiger charge is 2.14. The van der Waals surface area contributed by atoms with Gasteiger partial charge in [0.1, 0.15) is 5.82 Å². The molecule has 1 aromatic rings. The molecule has 5 nitrogen and oxygen atoms in total. The summed E-state index contributed by atoms with van der Waals surface area (Å²) in [6, 6.07) is 3.27. The van der Waals surface area contributed by atoms with Gasteiger partial charge in [0.15, 0.2) is 0 Å². The number of ether oxygens (including phenoxy) is 1. The van der Waals surface area contributed by atoms with Crippen molar-refractivity contribution in [2.75, 3.05) is 25.1 Å². The molecule has 0 aliphatic carbocycles. The number of aryl methyl sites for hydroxylation is 1. The Balaban J connectivity index is 2.03. The van der Waals surface area contributed by atoms with Crippen LogP contribution < -0.4 is 5.32 Å². The van der Waals surface area contributed by atoms with E-state index in [1.54, 1.807) is 12.1 Å². The smallest absolute Gasteiger partial charge is 0.335 e. The molecular weight excluding hydrogens is 256 g/mol. The zero-order valence-corrected chi connectivity index (χ0v) is 11.9. The first kappa shape index (κ1) is 14.8. The number of carboxylic acids is 1. The Morgan fingerprint density at radius 2 is 2.20 bits per heavy atom. The molecule has 0 unspecified atom stereocenters. The number of hydrogen-bond donors (Lipinski definition) is 2. The lowest BCUT2D eigenvalue weighted by Gasteiger charge is -2.22. The lowest BCUT2D eigenvalue weighted by molar-refractivity contribution is 0.0696. The molecule has 1 aromatic heterocycles. The molecule has 1 saturated heterocycles. The van der Waals surface area contributed by atoms with Gasteiger partial charge >= 0.3 is 5.97 Å². The highest BCUT2D eigenvalue weighted by atomic mass is 16.5. The first-order valence-electron chi connectivity index (χ1n) is 7.25. The molecule has 0 radical (unpaired) electrons. The van der Waals surface area contributed by atoms with Crippen molar-refractivity contribution in [3.8, 4) is 0 Å². The summed E-state index contributed by atoms with van der Waals surface area (Å²) < 4.78 is 5.33. The number of carboxylic acid groups (broad SMARTS) is 1. The Kier molecular flexibility index (Phi) is 5.35. The maximum atomic E-state index is 11.1. The van der Waals surface area contributed by atoms with Crippen molar-refractivity contribution in [1.82, 2.24) is 4.98 Å². The van der Waals surface area contributed by atoms with E-state index in [-0.39, 0.29) is 0 Å². The fourth-order valence-electron chi connectivity index (χ4n) is 2.39. The van der Waals surface area contributed by atoms with E-state index in [1.807, 2.05) is 0 Å². The topological polar surface area (TPSA) is 71.5 Å². The first-order chi connectivity index (χ1) is 9.69. The van der Waals surface area contributed by atoms with Gasteiger partial charge in [-0.3, -0.25) is 0 Å². The standard InChI is InChI=1S/C15H22N2O3/c1-2-3-13-8-12(15(18)19)9-14(17-13)16-10-11-4-6-20-7-5-11/h8-9,11H,2-7,10H2,1H3,(H,16,17)(H,18,19). The predicted molar refractivity (Wildman–Crippen MR) is 77.2 cm³/mol. The van der Waals surface area contributed by atoms with Gasteiger partial charge in [0.05, 0.1) is 5.56 Å². The maximum absolute atomic E-state index is 11.1. The Morgan fingerprint density at radius 3 is 2.85 bits per heavy atom. The maximum Gasteiger partial charge on any atom is 0.335 e. The minimum absolute atomic E-state index is 0.304. The molecular formula is C15H22N2O3. The molecule has 0 atom stereocenters. The fourth-order valence-corrected chi connectivity index (χ4v) is 2.39. The SMILES string of the molecule is CCCc1cc(C(=O)O)cc(NCC2CCOCC2)n1. The Hall–Kier alpha value is -1.62. The minimum atomic E-state index is -0.904. The van der Waals surface area contributed by atoms with Crippen LogP contribution in [-0.4, -0.2) is 35.8 Å². The molecule has 0 amide bonds. The summed E-state index contributed by atoms with van der Waals surface area (Å²) in [5.41, 5.74) is 1.14. The number of aromatic carboxylic acids is 1. The number of pyridine rings is 1. The summed E-state index contributed by atoms with van der Waals surface area (Å²) >= 11 is 0. The minimum Gasteiger partial charge on any atom is -0.478 e. The van der Waals surface area contributed by atoms with Crippen molar-refractivity contribution in [1.29, 1.82) is 0 Å². The number of nitrogens with one attached hydrogen (secondary N) is 1. The largest absolute Gasteiger partial charge is 0.478 e. The third-order valence-corrected chi connectivity index (χ3v) is 3.54. The van der Waals surface area contributed by atoms with Gasteiger partial charge in [0, 0.05) is 25.5 Å². The zero-order valence-electron chi connectivity index (χ0n) is 11.9. The number of nitrogens with zero attached hydrogens (tertiary/aromatic N) is 1. The van der Waals surface area contributed by atoms with Crippen LogP contribution in [0.1, 0.15) is 42.2 Å². The third-order valence-electron chi connectivity index (χ3n) is 3.54. The monoisotopic (exact) mass is 278 g/mol. The zero-order chi connectivity index (χ0) is 14.4. The summed E-state index contributed by atoms with van der Waals surface area (Å²) in [4.78, 5) is 15.6. The molecule has 1 fully saturated rings. The number of aromatic nitrogens is 1. The molecule has 110 valence electrons. The van der Waals surface area contributed by atoms with Crippen LogP contribution in [0.15, 0.2) is 12.1 Å². The molecule has 0 spiro atoms. The quantitative estimate of drug-likeness (QED) is 0.836. The van der Waals surface area contributed by atoms with Gasteiger partial charge < -0.3 is 15.2 Å². The van der Waals surface area contributed by atoms with E-state index in [0.717, 1.165) is 51.1 Å². The summed E-state index contributed by atoms with van der Waals surface area (Å²) in [6.45, 7) is 4.52. The van der Waals surface area contributed by atoms with Crippen molar-refractivity contribution in [2.45, 2.75) is 32.6 Å². The van der Waals surface area contributed by atoms with Crippen molar-refractivity contribution in [3.05, 3.63) is 23.4 Å². The first-order valence-corrected chi connectivity index (χ1v) is 7.25. The lowest BCUT2D eigenvalue weighted by Crippen LogP contribution is -2.23. The van der Waals surface area contributed by atoms with Gasteiger partial charge in [-0.25, -0.2) is 9.78 Å². The highest BCUT2D eigenvalue weighted by Crippen LogP contribution is 2.17. The Morgan fingerprint density at radius 1 is 1.45 bits per heavy atom. The Labute approximate surface area is 119 Å². The fraction of sp³-hybridized carbons (Fsp3) is 0.600. The molecule has 1 aliphatic heterocycles. The van der Waals surface area contributed by atoms with Crippen LogP contribution in [0.2, 0.25) is 0 Å². The number of anilines is 1. The van der Waals surface area contributed by atoms with Gasteiger partial charge in [-0.15, -0.1) is 0 Å². The van der Waals surface area contributed by atoms with Gasteiger partial charge in [-0.2, -0.15) is 0 Å². The normalized spacial score (nSPS) is 16.1. The molecule has 2 N–H and O–H groups in total. The van der Waals surface area contributed by atoms with Crippen LogP contribution in [0.3, 0.4) is 0 Å².